The summed E-state index contributed by atoms with van der Waals surface area (Å²) in [6.07, 6.45) is 0. The maximum Gasteiger partial charge on any atom is 0.243 e. The Morgan fingerprint density at radius 3 is 2.40 bits per heavy atom. The van der Waals surface area contributed by atoms with E-state index in [1.807, 2.05) is 62.4 Å². The lowest BCUT2D eigenvalue weighted by Crippen LogP contribution is -2.43. The fourth-order valence-corrected chi connectivity index (χ4v) is 4.18. The third-order valence-electron chi connectivity index (χ3n) is 4.72. The molecule has 7 heteroatoms. The topological polar surface area (TPSA) is 75.7 Å². The van der Waals surface area contributed by atoms with Gasteiger partial charge in [0.05, 0.1) is 17.5 Å². The first-order valence-corrected chi connectivity index (χ1v) is 11.1. The number of amides is 1. The highest BCUT2D eigenvalue weighted by molar-refractivity contribution is 7.89. The van der Waals surface area contributed by atoms with Gasteiger partial charge in [0.15, 0.2) is 0 Å². The molecule has 0 aliphatic rings. The maximum atomic E-state index is 12.9. The van der Waals surface area contributed by atoms with Crippen LogP contribution in [-0.4, -0.2) is 44.9 Å². The Morgan fingerprint density at radius 1 is 1.03 bits per heavy atom. The molecule has 0 radical (unpaired) electrons. The molecule has 0 unspecified atom stereocenters. The summed E-state index contributed by atoms with van der Waals surface area (Å²) in [4.78, 5) is 12.5. The molecule has 1 atom stereocenters. The molecule has 0 aliphatic heterocycles. The van der Waals surface area contributed by atoms with Crippen LogP contribution in [-0.2, 0) is 14.8 Å². The zero-order chi connectivity index (χ0) is 21.7. The molecule has 3 aromatic rings. The minimum Gasteiger partial charge on any atom is -0.491 e. The second-order valence-electron chi connectivity index (χ2n) is 7.36. The Morgan fingerprint density at radius 2 is 1.70 bits per heavy atom. The van der Waals surface area contributed by atoms with Gasteiger partial charge in [0.1, 0.15) is 12.4 Å². The third-order valence-corrected chi connectivity index (χ3v) is 6.52. The molecule has 0 aromatic heterocycles. The van der Waals surface area contributed by atoms with Gasteiger partial charge in [0.2, 0.25) is 15.9 Å². The molecule has 3 aromatic carbocycles. The molecule has 0 spiro atoms. The molecular weight excluding hydrogens is 400 g/mol. The highest BCUT2D eigenvalue weighted by atomic mass is 32.2. The SMILES string of the molecule is Cc1ccc(OC[C@@H](C)NC(=O)CN(C)S(=O)(=O)c2ccc3ccccc3c2)cc1. The van der Waals surface area contributed by atoms with Crippen LogP contribution in [0, 0.1) is 6.92 Å². The zero-order valence-electron chi connectivity index (χ0n) is 17.3. The molecule has 0 bridgehead atoms. The first kappa shape index (κ1) is 21.8. The van der Waals surface area contributed by atoms with Crippen molar-refractivity contribution in [2.24, 2.45) is 0 Å². The molecular formula is C23H26N2O4S. The second-order valence-corrected chi connectivity index (χ2v) is 9.41. The number of rotatable bonds is 8. The third kappa shape index (κ3) is 5.37. The van der Waals surface area contributed by atoms with Crippen molar-refractivity contribution in [3.63, 3.8) is 0 Å². The largest absolute Gasteiger partial charge is 0.491 e. The van der Waals surface area contributed by atoms with Crippen molar-refractivity contribution in [2.75, 3.05) is 20.2 Å². The first-order valence-electron chi connectivity index (χ1n) is 9.69. The van der Waals surface area contributed by atoms with E-state index in [0.29, 0.717) is 0 Å². The summed E-state index contributed by atoms with van der Waals surface area (Å²) in [5.74, 6) is 0.333. The molecule has 0 aliphatic carbocycles. The van der Waals surface area contributed by atoms with Gasteiger partial charge < -0.3 is 10.1 Å². The number of carbonyl (C=O) groups excluding carboxylic acids is 1. The average molecular weight is 427 g/mol. The molecule has 6 nitrogen and oxygen atoms in total. The summed E-state index contributed by atoms with van der Waals surface area (Å²) in [5.41, 5.74) is 1.14. The fraction of sp³-hybridized carbons (Fsp3) is 0.261. The molecule has 0 saturated carbocycles. The average Bonchev–Trinajstić information content (AvgIpc) is 2.72. The monoisotopic (exact) mass is 426 g/mol. The summed E-state index contributed by atoms with van der Waals surface area (Å²) in [6, 6.07) is 19.8. The van der Waals surface area contributed by atoms with Gasteiger partial charge in [-0.2, -0.15) is 4.31 Å². The second kappa shape index (κ2) is 9.28. The Bertz CT molecular complexity index is 1130. The van der Waals surface area contributed by atoms with E-state index in [1.165, 1.54) is 7.05 Å². The molecule has 0 fully saturated rings. The smallest absolute Gasteiger partial charge is 0.243 e. The quantitative estimate of drug-likeness (QED) is 0.599. The zero-order valence-corrected chi connectivity index (χ0v) is 18.1. The van der Waals surface area contributed by atoms with Gasteiger partial charge in [-0.1, -0.05) is 48.0 Å². The first-order chi connectivity index (χ1) is 14.3. The number of nitrogens with one attached hydrogen (secondary N) is 1. The summed E-state index contributed by atoms with van der Waals surface area (Å²) in [7, 11) is -2.38. The number of ether oxygens (including phenoxy) is 1. The summed E-state index contributed by atoms with van der Waals surface area (Å²) >= 11 is 0. The van der Waals surface area contributed by atoms with Gasteiger partial charge in [-0.25, -0.2) is 8.42 Å². The minimum absolute atomic E-state index is 0.159. The van der Waals surface area contributed by atoms with E-state index in [1.54, 1.807) is 18.2 Å². The van der Waals surface area contributed by atoms with Crippen LogP contribution in [0.4, 0.5) is 0 Å². The van der Waals surface area contributed by atoms with Crippen LogP contribution in [0.25, 0.3) is 10.8 Å². The van der Waals surface area contributed by atoms with Crippen LogP contribution < -0.4 is 10.1 Å². The van der Waals surface area contributed by atoms with E-state index < -0.39 is 10.0 Å². The van der Waals surface area contributed by atoms with Crippen LogP contribution in [0.15, 0.2) is 71.6 Å². The van der Waals surface area contributed by atoms with Crippen molar-refractivity contribution >= 4 is 26.7 Å². The molecule has 0 heterocycles. The van der Waals surface area contributed by atoms with Gasteiger partial charge in [-0.05, 0) is 48.9 Å². The van der Waals surface area contributed by atoms with Gasteiger partial charge in [-0.3, -0.25) is 4.79 Å². The van der Waals surface area contributed by atoms with E-state index in [2.05, 4.69) is 5.32 Å². The van der Waals surface area contributed by atoms with Crippen molar-refractivity contribution in [3.8, 4) is 5.75 Å². The highest BCUT2D eigenvalue weighted by Gasteiger charge is 2.23. The number of aryl methyl sites for hydroxylation is 1. The predicted molar refractivity (Wildman–Crippen MR) is 118 cm³/mol. The number of likely N-dealkylation sites (N-methyl/N-ethyl adjacent to an activating group) is 1. The van der Waals surface area contributed by atoms with Gasteiger partial charge >= 0.3 is 0 Å². The van der Waals surface area contributed by atoms with Crippen molar-refractivity contribution in [1.82, 2.24) is 9.62 Å². The number of hydrogen-bond donors (Lipinski definition) is 1. The van der Waals surface area contributed by atoms with Crippen molar-refractivity contribution in [2.45, 2.75) is 24.8 Å². The van der Waals surface area contributed by atoms with Crippen LogP contribution in [0.5, 0.6) is 5.75 Å². The molecule has 1 amide bonds. The number of nitrogens with zero attached hydrogens (tertiary/aromatic N) is 1. The lowest BCUT2D eigenvalue weighted by atomic mass is 10.1. The summed E-state index contributed by atoms with van der Waals surface area (Å²) in [6.45, 7) is 3.82. The van der Waals surface area contributed by atoms with E-state index in [9.17, 15) is 13.2 Å². The van der Waals surface area contributed by atoms with E-state index in [-0.39, 0.29) is 30.0 Å². The van der Waals surface area contributed by atoms with Crippen LogP contribution in [0.2, 0.25) is 0 Å². The highest BCUT2D eigenvalue weighted by Crippen LogP contribution is 2.21. The van der Waals surface area contributed by atoms with Gasteiger partial charge in [0, 0.05) is 7.05 Å². The lowest BCUT2D eigenvalue weighted by Gasteiger charge is -2.19. The van der Waals surface area contributed by atoms with Crippen molar-refractivity contribution in [3.05, 3.63) is 72.3 Å². The van der Waals surface area contributed by atoms with Gasteiger partial charge in [-0.15, -0.1) is 0 Å². The van der Waals surface area contributed by atoms with Crippen LogP contribution in [0.3, 0.4) is 0 Å². The van der Waals surface area contributed by atoms with Crippen molar-refractivity contribution in [1.29, 1.82) is 0 Å². The van der Waals surface area contributed by atoms with Gasteiger partial charge in [0.25, 0.3) is 0 Å². The standard InChI is InChI=1S/C23H26N2O4S/c1-17-8-11-21(12-9-17)29-16-18(2)24-23(26)15-25(3)30(27,28)22-13-10-19-6-4-5-7-20(19)14-22/h4-14,18H,15-16H2,1-3H3,(H,24,26)/t18-/m1/s1. The van der Waals surface area contributed by atoms with Crippen LogP contribution >= 0.6 is 0 Å². The van der Waals surface area contributed by atoms with E-state index >= 15 is 0 Å². The molecule has 3 rings (SSSR count). The molecule has 0 saturated heterocycles. The number of hydrogen-bond acceptors (Lipinski definition) is 4. The Kier molecular flexibility index (Phi) is 6.74. The molecule has 1 N–H and O–H groups in total. The number of sulfonamides is 1. The Hall–Kier alpha value is -2.90. The fourth-order valence-electron chi connectivity index (χ4n) is 3.01. The lowest BCUT2D eigenvalue weighted by molar-refractivity contribution is -0.121. The number of benzene rings is 3. The minimum atomic E-state index is -3.78. The molecule has 30 heavy (non-hydrogen) atoms. The van der Waals surface area contributed by atoms with E-state index in [0.717, 1.165) is 26.4 Å². The normalized spacial score (nSPS) is 12.7. The van der Waals surface area contributed by atoms with E-state index in [4.69, 9.17) is 4.74 Å². The predicted octanol–water partition coefficient (Wildman–Crippen LogP) is 3.35. The number of carbonyl (C=O) groups is 1. The Balaban J connectivity index is 1.57. The summed E-state index contributed by atoms with van der Waals surface area (Å²) in [5, 5.41) is 4.56. The van der Waals surface area contributed by atoms with Crippen molar-refractivity contribution < 1.29 is 17.9 Å². The van der Waals surface area contributed by atoms with Crippen LogP contribution in [0.1, 0.15) is 12.5 Å². The molecule has 158 valence electrons. The maximum absolute atomic E-state index is 12.9. The Labute approximate surface area is 177 Å². The summed E-state index contributed by atoms with van der Waals surface area (Å²) < 4.78 is 32.4. The number of fused-ring (bicyclic) bond motifs is 1.